The van der Waals surface area contributed by atoms with Crippen LogP contribution >= 0.6 is 0 Å². The van der Waals surface area contributed by atoms with Gasteiger partial charge in [0.1, 0.15) is 0 Å². The molecule has 2 heterocycles. The fourth-order valence-corrected chi connectivity index (χ4v) is 10.4. The number of fused-ring (bicyclic) bond motifs is 4. The van der Waals surface area contributed by atoms with Gasteiger partial charge >= 0.3 is 0 Å². The molecule has 9 rings (SSSR count). The molecule has 2 nitrogen and oxygen atoms in total. The Morgan fingerprint density at radius 3 is 1.07 bits per heavy atom. The minimum Gasteiger partial charge on any atom is -0.311 e. The molecule has 0 N–H and O–H groups in total. The predicted octanol–water partition coefficient (Wildman–Crippen LogP) is 16.2. The molecule has 7 aromatic carbocycles. The molecule has 0 bridgehead atoms. The van der Waals surface area contributed by atoms with Crippen molar-refractivity contribution in [1.82, 2.24) is 0 Å². The van der Waals surface area contributed by atoms with Gasteiger partial charge in [-0.3, -0.25) is 0 Å². The first-order valence-corrected chi connectivity index (χ1v) is 24.7. The van der Waals surface area contributed by atoms with E-state index in [0.717, 1.165) is 5.69 Å². The van der Waals surface area contributed by atoms with Crippen molar-refractivity contribution in [3.8, 4) is 22.3 Å². The van der Waals surface area contributed by atoms with Crippen molar-refractivity contribution < 1.29 is 0 Å². The second kappa shape index (κ2) is 15.9. The van der Waals surface area contributed by atoms with Gasteiger partial charge in [-0.2, -0.15) is 0 Å². The third-order valence-corrected chi connectivity index (χ3v) is 14.6. The lowest BCUT2D eigenvalue weighted by atomic mass is 9.33. The summed E-state index contributed by atoms with van der Waals surface area (Å²) in [6, 6.07) is 52.6. The van der Waals surface area contributed by atoms with Crippen LogP contribution in [0.1, 0.15) is 143 Å². The van der Waals surface area contributed by atoms with Gasteiger partial charge in [-0.25, -0.2) is 0 Å². The molecule has 7 aromatic rings. The van der Waals surface area contributed by atoms with Gasteiger partial charge < -0.3 is 9.80 Å². The summed E-state index contributed by atoms with van der Waals surface area (Å²) in [5.74, 6) is 0. The Kier molecular flexibility index (Phi) is 11.0. The van der Waals surface area contributed by atoms with Crippen molar-refractivity contribution >= 4 is 57.2 Å². The van der Waals surface area contributed by atoms with E-state index < -0.39 is 0 Å². The maximum Gasteiger partial charge on any atom is 0.252 e. The average Bonchev–Trinajstić information content (AvgIpc) is 3.24. The highest BCUT2D eigenvalue weighted by molar-refractivity contribution is 7.00. The molecule has 2 aliphatic rings. The normalized spacial score (nSPS) is 14.0. The number of nitrogens with zero attached hydrogens (tertiary/aromatic N) is 2. The summed E-state index contributed by atoms with van der Waals surface area (Å²) in [5, 5.41) is 0. The van der Waals surface area contributed by atoms with E-state index in [1.807, 2.05) is 0 Å². The quantitative estimate of drug-likeness (QED) is 0.163. The van der Waals surface area contributed by atoms with Gasteiger partial charge in [-0.05, 0) is 167 Å². The van der Waals surface area contributed by atoms with Crippen molar-refractivity contribution in [1.29, 1.82) is 0 Å². The molecule has 67 heavy (non-hydrogen) atoms. The number of hydrogen-bond donors (Lipinski definition) is 0. The topological polar surface area (TPSA) is 6.48 Å². The first kappa shape index (κ1) is 46.3. The van der Waals surface area contributed by atoms with Gasteiger partial charge in [0.05, 0.1) is 0 Å². The molecule has 2 aliphatic heterocycles. The van der Waals surface area contributed by atoms with Gasteiger partial charge in [-0.15, -0.1) is 0 Å². The maximum absolute atomic E-state index is 2.61. The molecule has 0 aromatic heterocycles. The molecule has 0 amide bonds. The Labute approximate surface area is 404 Å². The summed E-state index contributed by atoms with van der Waals surface area (Å²) < 4.78 is 0. The van der Waals surface area contributed by atoms with Crippen molar-refractivity contribution in [3.05, 3.63) is 172 Å². The van der Waals surface area contributed by atoms with Gasteiger partial charge in [0, 0.05) is 34.1 Å². The van der Waals surface area contributed by atoms with E-state index in [2.05, 4.69) is 261 Å². The molecule has 0 spiro atoms. The lowest BCUT2D eigenvalue weighted by molar-refractivity contribution is 0.589. The van der Waals surface area contributed by atoms with Crippen LogP contribution in [0.2, 0.25) is 0 Å². The Hall–Kier alpha value is -5.80. The molecule has 342 valence electrons. The van der Waals surface area contributed by atoms with Crippen LogP contribution in [0.25, 0.3) is 22.3 Å². The third kappa shape index (κ3) is 8.47. The van der Waals surface area contributed by atoms with Gasteiger partial charge in [0.2, 0.25) is 0 Å². The zero-order valence-corrected chi connectivity index (χ0v) is 43.7. The first-order chi connectivity index (χ1) is 31.2. The number of hydrogen-bond acceptors (Lipinski definition) is 2. The Balaban J connectivity index is 1.36. The Morgan fingerprint density at radius 1 is 0.313 bits per heavy atom. The van der Waals surface area contributed by atoms with E-state index in [4.69, 9.17) is 0 Å². The largest absolute Gasteiger partial charge is 0.311 e. The van der Waals surface area contributed by atoms with E-state index in [-0.39, 0.29) is 33.8 Å². The SMILES string of the molecule is Cc1cc2c3c(c1)N(c1ccc(C(C)(C)C)cc1C)c1ccc(C(C)(C)C)cc1B3c1cc(C(C)(C)C)ccc1N2c1cc(-c2ccc(C(C)(C)C)cc2)cc(-c2ccc(C(C)(C)C)cc2)c1. The molecule has 0 atom stereocenters. The molecule has 3 heteroatoms. The van der Waals surface area contributed by atoms with E-state index in [1.165, 1.54) is 106 Å². The highest BCUT2D eigenvalue weighted by Gasteiger charge is 2.44. The summed E-state index contributed by atoms with van der Waals surface area (Å²) in [7, 11) is 0. The molecule has 0 unspecified atom stereocenters. The molecule has 0 radical (unpaired) electrons. The van der Waals surface area contributed by atoms with Gasteiger partial charge in [0.25, 0.3) is 6.71 Å². The maximum atomic E-state index is 2.61. The van der Waals surface area contributed by atoms with Crippen LogP contribution < -0.4 is 26.2 Å². The van der Waals surface area contributed by atoms with Crippen LogP contribution in [0.4, 0.5) is 34.1 Å². The van der Waals surface area contributed by atoms with Crippen LogP contribution in [-0.2, 0) is 27.1 Å². The van der Waals surface area contributed by atoms with Crippen molar-refractivity contribution in [2.24, 2.45) is 0 Å². The molecular weight excluding hydrogens is 808 g/mol. The molecular formula is C64H73BN2. The van der Waals surface area contributed by atoms with Crippen molar-refractivity contribution in [3.63, 3.8) is 0 Å². The summed E-state index contributed by atoms with van der Waals surface area (Å²) in [5.41, 5.74) is 25.7. The average molecular weight is 881 g/mol. The number of anilines is 6. The smallest absolute Gasteiger partial charge is 0.252 e. The highest BCUT2D eigenvalue weighted by atomic mass is 15.2. The van der Waals surface area contributed by atoms with E-state index in [9.17, 15) is 0 Å². The van der Waals surface area contributed by atoms with E-state index in [1.54, 1.807) is 0 Å². The highest BCUT2D eigenvalue weighted by Crippen LogP contribution is 2.48. The number of benzene rings is 7. The molecule has 0 fully saturated rings. The third-order valence-electron chi connectivity index (χ3n) is 14.6. The molecule has 0 saturated heterocycles. The van der Waals surface area contributed by atoms with E-state index in [0.29, 0.717) is 0 Å². The zero-order chi connectivity index (χ0) is 48.3. The fraction of sp³-hybridized carbons (Fsp3) is 0.344. The number of aryl methyl sites for hydroxylation is 2. The lowest BCUT2D eigenvalue weighted by Crippen LogP contribution is -2.61. The fourth-order valence-electron chi connectivity index (χ4n) is 10.4. The van der Waals surface area contributed by atoms with Crippen molar-refractivity contribution in [2.45, 2.75) is 145 Å². The summed E-state index contributed by atoms with van der Waals surface area (Å²) >= 11 is 0. The predicted molar refractivity (Wildman–Crippen MR) is 294 cm³/mol. The second-order valence-electron chi connectivity index (χ2n) is 25.0. The second-order valence-corrected chi connectivity index (χ2v) is 25.0. The van der Waals surface area contributed by atoms with Crippen LogP contribution in [-0.4, -0.2) is 6.71 Å². The monoisotopic (exact) mass is 881 g/mol. The van der Waals surface area contributed by atoms with Gasteiger partial charge in [0.15, 0.2) is 0 Å². The first-order valence-electron chi connectivity index (χ1n) is 24.7. The minimum absolute atomic E-state index is 0.0235. The van der Waals surface area contributed by atoms with Crippen LogP contribution in [0.5, 0.6) is 0 Å². The van der Waals surface area contributed by atoms with E-state index >= 15 is 0 Å². The summed E-state index contributed by atoms with van der Waals surface area (Å²) in [6.07, 6.45) is 0. The summed E-state index contributed by atoms with van der Waals surface area (Å²) in [4.78, 5) is 5.20. The summed E-state index contributed by atoms with van der Waals surface area (Å²) in [6.45, 7) is 39.4. The van der Waals surface area contributed by atoms with Crippen molar-refractivity contribution in [2.75, 3.05) is 9.80 Å². The minimum atomic E-state index is -0.0372. The zero-order valence-electron chi connectivity index (χ0n) is 43.7. The lowest BCUT2D eigenvalue weighted by Gasteiger charge is -2.45. The standard InChI is InChI=1S/C64H73BN2/c1-40-32-57-59-58(33-40)67(54-29-26-48(34-41(54)2)62(9,10)11)56-31-28-50(64(15,16)17)39-53(56)65(59)52-38-49(63(12,13)14)27-30-55(52)66(57)51-36-44(42-18-22-46(23-19-42)60(3,4)5)35-45(37-51)43-20-24-47(25-21-43)61(6,7)8/h18-39H,1-17H3. The van der Waals surface area contributed by atoms with Gasteiger partial charge in [-0.1, -0.05) is 189 Å². The number of rotatable bonds is 4. The van der Waals surface area contributed by atoms with Crippen LogP contribution in [0.15, 0.2) is 133 Å². The Bertz CT molecular complexity index is 2970. The molecule has 0 saturated carbocycles. The Morgan fingerprint density at radius 2 is 0.672 bits per heavy atom. The molecule has 0 aliphatic carbocycles. The van der Waals surface area contributed by atoms with Crippen LogP contribution in [0.3, 0.4) is 0 Å². The van der Waals surface area contributed by atoms with Crippen LogP contribution in [0, 0.1) is 13.8 Å².